The van der Waals surface area contributed by atoms with E-state index in [1.54, 1.807) is 7.05 Å². The number of nitrogens with one attached hydrogen (secondary N) is 2. The summed E-state index contributed by atoms with van der Waals surface area (Å²) in [5.74, 6) is 1.45. The van der Waals surface area contributed by atoms with E-state index in [9.17, 15) is 4.39 Å². The molecule has 0 bridgehead atoms. The highest BCUT2D eigenvalue weighted by Crippen LogP contribution is 2.16. The summed E-state index contributed by atoms with van der Waals surface area (Å²) in [5, 5.41) is 6.49. The molecule has 2 rings (SSSR count). The second kappa shape index (κ2) is 12.1. The molecule has 27 heavy (non-hydrogen) atoms. The van der Waals surface area contributed by atoms with E-state index in [2.05, 4.69) is 36.5 Å². The standard InChI is InChI=1S/C19H25BrFN5.HI/c1-22-19(24-13-16-7-4-8-18(25-16)26(2)3)23-11-5-6-14-9-10-15(20)12-17(14)21;/h4,7-10,12H,5-6,11,13H2,1-3H3,(H2,22,23,24);1H. The van der Waals surface area contributed by atoms with Crippen LogP contribution in [-0.4, -0.2) is 38.6 Å². The molecule has 0 unspecified atom stereocenters. The van der Waals surface area contributed by atoms with Crippen molar-refractivity contribution >= 4 is 51.7 Å². The van der Waals surface area contributed by atoms with Gasteiger partial charge in [0.15, 0.2) is 5.96 Å². The van der Waals surface area contributed by atoms with Crippen LogP contribution in [-0.2, 0) is 13.0 Å². The zero-order chi connectivity index (χ0) is 18.9. The van der Waals surface area contributed by atoms with Crippen LogP contribution in [0.2, 0.25) is 0 Å². The lowest BCUT2D eigenvalue weighted by molar-refractivity contribution is 0.601. The van der Waals surface area contributed by atoms with Crippen molar-refractivity contribution in [1.82, 2.24) is 15.6 Å². The predicted octanol–water partition coefficient (Wildman–Crippen LogP) is 3.97. The molecule has 148 valence electrons. The Labute approximate surface area is 186 Å². The zero-order valence-corrected chi connectivity index (χ0v) is 19.7. The molecule has 0 radical (unpaired) electrons. The fourth-order valence-electron chi connectivity index (χ4n) is 2.42. The molecule has 1 heterocycles. The first kappa shape index (κ1) is 23.6. The third-order valence-corrected chi connectivity index (χ3v) is 4.33. The van der Waals surface area contributed by atoms with Gasteiger partial charge in [-0.05, 0) is 42.7 Å². The third-order valence-electron chi connectivity index (χ3n) is 3.84. The first-order chi connectivity index (χ1) is 12.5. The van der Waals surface area contributed by atoms with Crippen LogP contribution in [0, 0.1) is 5.82 Å². The summed E-state index contributed by atoms with van der Waals surface area (Å²) in [5.41, 5.74) is 1.67. The lowest BCUT2D eigenvalue weighted by Gasteiger charge is -2.14. The molecule has 0 atom stereocenters. The Morgan fingerprint density at radius 3 is 2.67 bits per heavy atom. The fourth-order valence-corrected chi connectivity index (χ4v) is 2.75. The molecule has 8 heteroatoms. The van der Waals surface area contributed by atoms with Crippen LogP contribution in [0.3, 0.4) is 0 Å². The van der Waals surface area contributed by atoms with Gasteiger partial charge in [0.05, 0.1) is 12.2 Å². The number of hydrogen-bond donors (Lipinski definition) is 2. The van der Waals surface area contributed by atoms with Gasteiger partial charge < -0.3 is 15.5 Å². The quantitative estimate of drug-likeness (QED) is 0.237. The maximum Gasteiger partial charge on any atom is 0.191 e. The molecule has 0 saturated carbocycles. The summed E-state index contributed by atoms with van der Waals surface area (Å²) >= 11 is 3.27. The first-order valence-electron chi connectivity index (χ1n) is 8.51. The number of aromatic nitrogens is 1. The molecule has 2 aromatic rings. The van der Waals surface area contributed by atoms with E-state index in [4.69, 9.17) is 0 Å². The van der Waals surface area contributed by atoms with E-state index in [0.29, 0.717) is 25.5 Å². The summed E-state index contributed by atoms with van der Waals surface area (Å²) in [6.07, 6.45) is 1.49. The van der Waals surface area contributed by atoms with E-state index < -0.39 is 0 Å². The minimum absolute atomic E-state index is 0. The topological polar surface area (TPSA) is 52.6 Å². The number of pyridine rings is 1. The summed E-state index contributed by atoms with van der Waals surface area (Å²) in [7, 11) is 5.66. The number of rotatable bonds is 7. The normalized spacial score (nSPS) is 10.9. The van der Waals surface area contributed by atoms with Gasteiger partial charge in [-0.25, -0.2) is 9.37 Å². The number of anilines is 1. The van der Waals surface area contributed by atoms with Gasteiger partial charge in [0.1, 0.15) is 11.6 Å². The molecule has 1 aromatic carbocycles. The molecule has 2 N–H and O–H groups in total. The number of hydrogen-bond acceptors (Lipinski definition) is 3. The minimum Gasteiger partial charge on any atom is -0.363 e. The van der Waals surface area contributed by atoms with E-state index in [1.807, 2.05) is 49.3 Å². The molecule has 0 aliphatic rings. The zero-order valence-electron chi connectivity index (χ0n) is 15.8. The molecule has 5 nitrogen and oxygen atoms in total. The highest BCUT2D eigenvalue weighted by molar-refractivity contribution is 14.0. The maximum absolute atomic E-state index is 13.8. The molecule has 0 fully saturated rings. The number of aryl methyl sites for hydroxylation is 1. The maximum atomic E-state index is 13.8. The van der Waals surface area contributed by atoms with Gasteiger partial charge in [-0.2, -0.15) is 0 Å². The van der Waals surface area contributed by atoms with Crippen molar-refractivity contribution in [2.24, 2.45) is 4.99 Å². The third kappa shape index (κ3) is 8.00. The Morgan fingerprint density at radius 2 is 2.00 bits per heavy atom. The van der Waals surface area contributed by atoms with Crippen LogP contribution in [0.1, 0.15) is 17.7 Å². The summed E-state index contributed by atoms with van der Waals surface area (Å²) in [4.78, 5) is 10.7. The summed E-state index contributed by atoms with van der Waals surface area (Å²) < 4.78 is 14.6. The van der Waals surface area contributed by atoms with Crippen LogP contribution in [0.4, 0.5) is 10.2 Å². The Hall–Kier alpha value is -1.42. The van der Waals surface area contributed by atoms with Crippen molar-refractivity contribution in [1.29, 1.82) is 0 Å². The SMILES string of the molecule is CN=C(NCCCc1ccc(Br)cc1F)NCc1cccc(N(C)C)n1.I. The van der Waals surface area contributed by atoms with Gasteiger partial charge in [0.2, 0.25) is 0 Å². The lowest BCUT2D eigenvalue weighted by Crippen LogP contribution is -2.37. The molecule has 1 aromatic heterocycles. The monoisotopic (exact) mass is 549 g/mol. The van der Waals surface area contributed by atoms with Gasteiger partial charge in [-0.3, -0.25) is 4.99 Å². The highest BCUT2D eigenvalue weighted by atomic mass is 127. The number of nitrogens with zero attached hydrogens (tertiary/aromatic N) is 3. The minimum atomic E-state index is -0.172. The smallest absolute Gasteiger partial charge is 0.191 e. The first-order valence-corrected chi connectivity index (χ1v) is 9.30. The largest absolute Gasteiger partial charge is 0.363 e. The molecule has 0 aliphatic heterocycles. The molecule has 0 amide bonds. The van der Waals surface area contributed by atoms with E-state index in [0.717, 1.165) is 28.0 Å². The van der Waals surface area contributed by atoms with Crippen molar-refractivity contribution in [3.05, 3.63) is 57.9 Å². The number of halogens is 3. The fraction of sp³-hybridized carbons (Fsp3) is 0.368. The van der Waals surface area contributed by atoms with Crippen LogP contribution in [0.25, 0.3) is 0 Å². The number of aliphatic imine (C=N–C) groups is 1. The Kier molecular flexibility index (Phi) is 10.6. The van der Waals surface area contributed by atoms with E-state index in [-0.39, 0.29) is 29.8 Å². The van der Waals surface area contributed by atoms with Gasteiger partial charge in [0, 0.05) is 32.2 Å². The van der Waals surface area contributed by atoms with Gasteiger partial charge >= 0.3 is 0 Å². The average Bonchev–Trinajstić information content (AvgIpc) is 2.62. The van der Waals surface area contributed by atoms with E-state index >= 15 is 0 Å². The molecule has 0 saturated heterocycles. The van der Waals surface area contributed by atoms with Crippen molar-refractivity contribution < 1.29 is 4.39 Å². The second-order valence-electron chi connectivity index (χ2n) is 6.07. The molecule has 0 spiro atoms. The van der Waals surface area contributed by atoms with Crippen molar-refractivity contribution in [2.75, 3.05) is 32.6 Å². The summed E-state index contributed by atoms with van der Waals surface area (Å²) in [6, 6.07) is 11.1. The van der Waals surface area contributed by atoms with Gasteiger partial charge in [-0.15, -0.1) is 24.0 Å². The van der Waals surface area contributed by atoms with Crippen LogP contribution >= 0.6 is 39.9 Å². The van der Waals surface area contributed by atoms with Crippen LogP contribution < -0.4 is 15.5 Å². The van der Waals surface area contributed by atoms with Crippen molar-refractivity contribution in [2.45, 2.75) is 19.4 Å². The van der Waals surface area contributed by atoms with Crippen LogP contribution in [0.5, 0.6) is 0 Å². The Balaban J connectivity index is 0.00000364. The Bertz CT molecular complexity index is 755. The summed E-state index contributed by atoms with van der Waals surface area (Å²) in [6.45, 7) is 1.29. The Morgan fingerprint density at radius 1 is 1.22 bits per heavy atom. The predicted molar refractivity (Wildman–Crippen MR) is 125 cm³/mol. The highest BCUT2D eigenvalue weighted by Gasteiger charge is 2.04. The second-order valence-corrected chi connectivity index (χ2v) is 6.99. The van der Waals surface area contributed by atoms with Gasteiger partial charge in [0.25, 0.3) is 0 Å². The molecule has 0 aliphatic carbocycles. The molecular weight excluding hydrogens is 524 g/mol. The van der Waals surface area contributed by atoms with Crippen molar-refractivity contribution in [3.63, 3.8) is 0 Å². The van der Waals surface area contributed by atoms with E-state index in [1.165, 1.54) is 6.07 Å². The number of guanidine groups is 1. The number of benzene rings is 1. The average molecular weight is 550 g/mol. The molecular formula is C19H26BrFIN5. The lowest BCUT2D eigenvalue weighted by atomic mass is 10.1. The van der Waals surface area contributed by atoms with Gasteiger partial charge in [-0.1, -0.05) is 28.1 Å². The van der Waals surface area contributed by atoms with Crippen LogP contribution in [0.15, 0.2) is 45.9 Å². The van der Waals surface area contributed by atoms with Crippen molar-refractivity contribution in [3.8, 4) is 0 Å².